The van der Waals surface area contributed by atoms with Gasteiger partial charge in [0.1, 0.15) is 25.0 Å². The van der Waals surface area contributed by atoms with Crippen molar-refractivity contribution in [2.45, 2.75) is 25.9 Å². The Labute approximate surface area is 159 Å². The summed E-state index contributed by atoms with van der Waals surface area (Å²) in [6.07, 6.45) is -0.163. The summed E-state index contributed by atoms with van der Waals surface area (Å²) in [5.41, 5.74) is 1.10. The van der Waals surface area contributed by atoms with E-state index >= 15 is 0 Å². The SMILES string of the molecule is Cc1cccc(OCC(O)C[N+](C)(C)CCNC(=O)CCCO[N+](=O)[O-])c1. The van der Waals surface area contributed by atoms with Crippen LogP contribution in [0, 0.1) is 17.0 Å². The number of aliphatic hydroxyl groups excluding tert-OH is 1. The van der Waals surface area contributed by atoms with E-state index < -0.39 is 11.2 Å². The molecule has 0 aromatic heterocycles. The number of ether oxygens (including phenoxy) is 1. The first-order valence-corrected chi connectivity index (χ1v) is 8.91. The Hall–Kier alpha value is -2.39. The molecule has 0 aliphatic heterocycles. The highest BCUT2D eigenvalue weighted by Crippen LogP contribution is 2.13. The van der Waals surface area contributed by atoms with Gasteiger partial charge in [0.2, 0.25) is 5.91 Å². The van der Waals surface area contributed by atoms with Gasteiger partial charge in [0.15, 0.2) is 0 Å². The van der Waals surface area contributed by atoms with Crippen molar-refractivity contribution < 1.29 is 29.0 Å². The molecular weight excluding hydrogens is 354 g/mol. The maximum Gasteiger partial charge on any atom is 0.294 e. The molecule has 0 heterocycles. The summed E-state index contributed by atoms with van der Waals surface area (Å²) in [7, 11) is 3.93. The molecule has 2 N–H and O–H groups in total. The summed E-state index contributed by atoms with van der Waals surface area (Å²) < 4.78 is 6.14. The number of amides is 1. The smallest absolute Gasteiger partial charge is 0.294 e. The number of nitrogens with one attached hydrogen (secondary N) is 1. The maximum atomic E-state index is 11.7. The third-order valence-corrected chi connectivity index (χ3v) is 3.92. The number of aryl methyl sites for hydroxylation is 1. The van der Waals surface area contributed by atoms with E-state index in [9.17, 15) is 20.0 Å². The third kappa shape index (κ3) is 11.0. The molecule has 1 aromatic carbocycles. The molecule has 0 aliphatic rings. The van der Waals surface area contributed by atoms with Crippen LogP contribution in [0.15, 0.2) is 24.3 Å². The van der Waals surface area contributed by atoms with E-state index in [1.165, 1.54) is 0 Å². The number of likely N-dealkylation sites (N-methyl/N-ethyl adjacent to an activating group) is 1. The Balaban J connectivity index is 2.21. The Morgan fingerprint density at radius 1 is 1.41 bits per heavy atom. The van der Waals surface area contributed by atoms with Crippen LogP contribution in [0.25, 0.3) is 0 Å². The van der Waals surface area contributed by atoms with Gasteiger partial charge in [0, 0.05) is 6.42 Å². The fraction of sp³-hybridized carbons (Fsp3) is 0.611. The molecule has 9 nitrogen and oxygen atoms in total. The van der Waals surface area contributed by atoms with Crippen molar-refractivity contribution in [1.82, 2.24) is 5.32 Å². The summed E-state index contributed by atoms with van der Waals surface area (Å²) in [5.74, 6) is 0.554. The van der Waals surface area contributed by atoms with Gasteiger partial charge < -0.3 is 24.5 Å². The summed E-state index contributed by atoms with van der Waals surface area (Å²) in [4.78, 5) is 25.8. The van der Waals surface area contributed by atoms with E-state index in [1.54, 1.807) is 0 Å². The van der Waals surface area contributed by atoms with Gasteiger partial charge in [0.25, 0.3) is 5.09 Å². The minimum atomic E-state index is -0.869. The maximum absolute atomic E-state index is 11.7. The Bertz CT molecular complexity index is 609. The predicted molar refractivity (Wildman–Crippen MR) is 99.7 cm³/mol. The second-order valence-electron chi connectivity index (χ2n) is 7.13. The van der Waals surface area contributed by atoms with Gasteiger partial charge in [-0.15, -0.1) is 10.1 Å². The minimum Gasteiger partial charge on any atom is -0.491 e. The zero-order valence-electron chi connectivity index (χ0n) is 16.2. The van der Waals surface area contributed by atoms with Crippen molar-refractivity contribution in [2.24, 2.45) is 0 Å². The van der Waals surface area contributed by atoms with Crippen LogP contribution in [-0.2, 0) is 9.63 Å². The van der Waals surface area contributed by atoms with Gasteiger partial charge in [0.05, 0.1) is 33.8 Å². The van der Waals surface area contributed by atoms with E-state index in [4.69, 9.17) is 4.74 Å². The molecule has 0 aliphatic carbocycles. The molecular formula is C18H30N3O6+. The molecule has 9 heteroatoms. The van der Waals surface area contributed by atoms with Crippen LogP contribution in [0.4, 0.5) is 0 Å². The highest BCUT2D eigenvalue weighted by molar-refractivity contribution is 5.75. The molecule has 0 radical (unpaired) electrons. The molecule has 1 amide bonds. The lowest BCUT2D eigenvalue weighted by Gasteiger charge is -2.31. The summed E-state index contributed by atoms with van der Waals surface area (Å²) >= 11 is 0. The second-order valence-corrected chi connectivity index (χ2v) is 7.13. The van der Waals surface area contributed by atoms with Crippen molar-refractivity contribution in [3.05, 3.63) is 39.9 Å². The highest BCUT2D eigenvalue weighted by Gasteiger charge is 2.21. The minimum absolute atomic E-state index is 0.0882. The molecule has 1 atom stereocenters. The molecule has 27 heavy (non-hydrogen) atoms. The molecule has 0 bridgehead atoms. The lowest BCUT2D eigenvalue weighted by molar-refractivity contribution is -0.892. The molecule has 1 aromatic rings. The number of hydrogen-bond donors (Lipinski definition) is 2. The quantitative estimate of drug-likeness (QED) is 0.226. The van der Waals surface area contributed by atoms with Crippen molar-refractivity contribution in [2.75, 3.05) is 46.9 Å². The summed E-state index contributed by atoms with van der Waals surface area (Å²) in [5, 5.41) is 22.1. The average Bonchev–Trinajstić information content (AvgIpc) is 2.56. The van der Waals surface area contributed by atoms with Crippen LogP contribution >= 0.6 is 0 Å². The van der Waals surface area contributed by atoms with Gasteiger partial charge in [-0.25, -0.2) is 0 Å². The van der Waals surface area contributed by atoms with Crippen molar-refractivity contribution >= 4 is 5.91 Å². The molecule has 0 spiro atoms. The first-order valence-electron chi connectivity index (χ1n) is 8.91. The third-order valence-electron chi connectivity index (χ3n) is 3.92. The number of carbonyl (C=O) groups is 1. The van der Waals surface area contributed by atoms with Crippen LogP contribution in [0.1, 0.15) is 18.4 Å². The standard InChI is InChI=1S/C18H29N3O6/c1-15-6-4-7-17(12-15)26-14-16(22)13-21(2,3)10-9-19-18(23)8-5-11-27-20(24)25/h4,6-7,12,16,22H,5,8-11,13-14H2,1-3H3/p+1. The first kappa shape index (κ1) is 22.7. The van der Waals surface area contributed by atoms with Gasteiger partial charge in [-0.2, -0.15) is 0 Å². The fourth-order valence-electron chi connectivity index (χ4n) is 2.57. The predicted octanol–water partition coefficient (Wildman–Crippen LogP) is 0.916. The normalized spacial score (nSPS) is 12.3. The second kappa shape index (κ2) is 11.3. The molecule has 0 saturated carbocycles. The molecule has 152 valence electrons. The number of rotatable bonds is 13. The van der Waals surface area contributed by atoms with Crippen molar-refractivity contribution in [3.63, 3.8) is 0 Å². The number of aliphatic hydroxyl groups is 1. The Morgan fingerprint density at radius 3 is 2.81 bits per heavy atom. The zero-order valence-corrected chi connectivity index (χ0v) is 16.2. The van der Waals surface area contributed by atoms with Gasteiger partial charge in [-0.3, -0.25) is 4.79 Å². The molecule has 0 saturated heterocycles. The topological polar surface area (TPSA) is 111 Å². The van der Waals surface area contributed by atoms with Crippen LogP contribution in [0.3, 0.4) is 0 Å². The van der Waals surface area contributed by atoms with E-state index in [1.807, 2.05) is 45.3 Å². The number of carbonyl (C=O) groups excluding carboxylic acids is 1. The van der Waals surface area contributed by atoms with Crippen molar-refractivity contribution in [3.8, 4) is 5.75 Å². The number of hydrogen-bond acceptors (Lipinski definition) is 6. The van der Waals surface area contributed by atoms with E-state index in [0.29, 0.717) is 30.5 Å². The number of nitrogens with zero attached hydrogens (tertiary/aromatic N) is 2. The first-order chi connectivity index (χ1) is 12.7. The fourth-order valence-corrected chi connectivity index (χ4v) is 2.57. The zero-order chi connectivity index (χ0) is 20.3. The van der Waals surface area contributed by atoms with E-state index in [2.05, 4.69) is 10.2 Å². The van der Waals surface area contributed by atoms with Crippen LogP contribution in [-0.4, -0.2) is 73.6 Å². The number of quaternary nitrogens is 1. The van der Waals surface area contributed by atoms with E-state index in [0.717, 1.165) is 11.3 Å². The molecule has 0 fully saturated rings. The number of benzene rings is 1. The van der Waals surface area contributed by atoms with Crippen molar-refractivity contribution in [1.29, 1.82) is 0 Å². The van der Waals surface area contributed by atoms with Gasteiger partial charge >= 0.3 is 0 Å². The Morgan fingerprint density at radius 2 is 2.15 bits per heavy atom. The highest BCUT2D eigenvalue weighted by atomic mass is 16.9. The Kier molecular flexibility index (Phi) is 9.52. The van der Waals surface area contributed by atoms with Gasteiger partial charge in [-0.05, 0) is 31.0 Å². The lowest BCUT2D eigenvalue weighted by Crippen LogP contribution is -2.50. The van der Waals surface area contributed by atoms with Crippen LogP contribution in [0.2, 0.25) is 0 Å². The summed E-state index contributed by atoms with van der Waals surface area (Å²) in [6, 6.07) is 7.65. The van der Waals surface area contributed by atoms with Crippen LogP contribution in [0.5, 0.6) is 5.75 Å². The van der Waals surface area contributed by atoms with Gasteiger partial charge in [-0.1, -0.05) is 12.1 Å². The molecule has 1 rings (SSSR count). The average molecular weight is 384 g/mol. The van der Waals surface area contributed by atoms with Crippen LogP contribution < -0.4 is 10.1 Å². The largest absolute Gasteiger partial charge is 0.491 e. The monoisotopic (exact) mass is 384 g/mol. The lowest BCUT2D eigenvalue weighted by atomic mass is 10.2. The van der Waals surface area contributed by atoms with E-state index in [-0.39, 0.29) is 25.5 Å². The summed E-state index contributed by atoms with van der Waals surface area (Å²) in [6.45, 7) is 3.67. The molecule has 1 unspecified atom stereocenters.